The van der Waals surface area contributed by atoms with E-state index >= 15 is 0 Å². The average Bonchev–Trinajstić information content (AvgIpc) is 3.08. The third-order valence-electron chi connectivity index (χ3n) is 4.25. The van der Waals surface area contributed by atoms with Crippen LogP contribution in [0.3, 0.4) is 0 Å². The van der Waals surface area contributed by atoms with Gasteiger partial charge in [-0.2, -0.15) is 5.10 Å². The molecular weight excluding hydrogens is 374 g/mol. The monoisotopic (exact) mass is 397 g/mol. The van der Waals surface area contributed by atoms with Gasteiger partial charge >= 0.3 is 0 Å². The number of carbonyl (C=O) groups is 1. The molecule has 7 nitrogen and oxygen atoms in total. The molecule has 3 rings (SSSR count). The smallest absolute Gasteiger partial charge is 0.222 e. The summed E-state index contributed by atoms with van der Waals surface area (Å²) in [5, 5.41) is 10.1. The van der Waals surface area contributed by atoms with Gasteiger partial charge in [0.05, 0.1) is 18.3 Å². The molecule has 3 aromatic rings. The number of rotatable bonds is 8. The van der Waals surface area contributed by atoms with Gasteiger partial charge in [0.15, 0.2) is 10.6 Å². The molecular formula is C20H23N5O2S. The molecule has 2 heterocycles. The van der Waals surface area contributed by atoms with Gasteiger partial charge in [0, 0.05) is 24.7 Å². The first-order chi connectivity index (χ1) is 13.6. The third kappa shape index (κ3) is 4.83. The molecule has 0 saturated heterocycles. The van der Waals surface area contributed by atoms with Crippen LogP contribution < -0.4 is 10.1 Å². The van der Waals surface area contributed by atoms with Crippen LogP contribution in [-0.2, 0) is 11.3 Å². The van der Waals surface area contributed by atoms with Crippen LogP contribution >= 0.6 is 12.2 Å². The van der Waals surface area contributed by atoms with Crippen molar-refractivity contribution >= 4 is 18.1 Å². The molecule has 0 bridgehead atoms. The second-order valence-electron chi connectivity index (χ2n) is 6.26. The van der Waals surface area contributed by atoms with Crippen molar-refractivity contribution in [2.45, 2.75) is 32.9 Å². The minimum Gasteiger partial charge on any atom is -0.494 e. The molecule has 1 atom stereocenters. The first kappa shape index (κ1) is 19.8. The fourth-order valence-electron chi connectivity index (χ4n) is 2.85. The van der Waals surface area contributed by atoms with E-state index in [9.17, 15) is 4.79 Å². The van der Waals surface area contributed by atoms with E-state index in [-0.39, 0.29) is 18.4 Å². The van der Waals surface area contributed by atoms with Gasteiger partial charge in [0.1, 0.15) is 5.75 Å². The largest absolute Gasteiger partial charge is 0.494 e. The molecule has 8 heteroatoms. The van der Waals surface area contributed by atoms with Gasteiger partial charge in [0.2, 0.25) is 5.91 Å². The Morgan fingerprint density at radius 2 is 2.07 bits per heavy atom. The van der Waals surface area contributed by atoms with Gasteiger partial charge in [0.25, 0.3) is 0 Å². The maximum Gasteiger partial charge on any atom is 0.222 e. The molecule has 0 aliphatic heterocycles. The zero-order valence-corrected chi connectivity index (χ0v) is 16.7. The lowest BCUT2D eigenvalue weighted by molar-refractivity contribution is -0.122. The quantitative estimate of drug-likeness (QED) is 0.567. The fraction of sp³-hybridized carbons (Fsp3) is 0.300. The first-order valence-electron chi connectivity index (χ1n) is 9.17. The molecule has 2 aromatic heterocycles. The Bertz CT molecular complexity index is 966. The van der Waals surface area contributed by atoms with E-state index in [2.05, 4.69) is 20.5 Å². The first-order valence-corrected chi connectivity index (χ1v) is 9.58. The van der Waals surface area contributed by atoms with Crippen molar-refractivity contribution in [3.8, 4) is 17.1 Å². The molecule has 1 unspecified atom stereocenters. The molecule has 0 aliphatic rings. The molecule has 28 heavy (non-hydrogen) atoms. The van der Waals surface area contributed by atoms with Crippen molar-refractivity contribution in [1.82, 2.24) is 25.1 Å². The van der Waals surface area contributed by atoms with Crippen molar-refractivity contribution in [1.29, 1.82) is 0 Å². The molecule has 1 amide bonds. The number of amides is 1. The van der Waals surface area contributed by atoms with Crippen molar-refractivity contribution < 1.29 is 9.53 Å². The number of aromatic amines is 1. The number of nitrogens with one attached hydrogen (secondary N) is 2. The van der Waals surface area contributed by atoms with Crippen LogP contribution in [0.4, 0.5) is 0 Å². The van der Waals surface area contributed by atoms with Crippen molar-refractivity contribution in [3.05, 3.63) is 59.1 Å². The Labute approximate surface area is 168 Å². The number of hydrogen-bond acceptors (Lipinski definition) is 5. The molecule has 146 valence electrons. The topological polar surface area (TPSA) is 84.8 Å². The summed E-state index contributed by atoms with van der Waals surface area (Å²) in [4.78, 5) is 16.6. The van der Waals surface area contributed by atoms with E-state index in [0.29, 0.717) is 23.7 Å². The number of ether oxygens (including phenoxy) is 1. The Morgan fingerprint density at radius 1 is 1.29 bits per heavy atom. The van der Waals surface area contributed by atoms with Crippen LogP contribution in [0.15, 0.2) is 48.7 Å². The second-order valence-corrected chi connectivity index (χ2v) is 6.64. The van der Waals surface area contributed by atoms with Crippen molar-refractivity contribution in [3.63, 3.8) is 0 Å². The van der Waals surface area contributed by atoms with E-state index in [4.69, 9.17) is 17.0 Å². The van der Waals surface area contributed by atoms with Gasteiger partial charge in [-0.25, -0.2) is 0 Å². The number of benzene rings is 1. The van der Waals surface area contributed by atoms with Gasteiger partial charge in [-0.1, -0.05) is 6.07 Å². The summed E-state index contributed by atoms with van der Waals surface area (Å²) in [6.45, 7) is 4.90. The minimum absolute atomic E-state index is 0.0705. The summed E-state index contributed by atoms with van der Waals surface area (Å²) in [6, 6.07) is 13.1. The number of H-pyrrole nitrogens is 1. The Kier molecular flexibility index (Phi) is 6.54. The molecule has 0 radical (unpaired) electrons. The summed E-state index contributed by atoms with van der Waals surface area (Å²) < 4.78 is 7.78. The van der Waals surface area contributed by atoms with Crippen LogP contribution in [0.1, 0.15) is 32.0 Å². The van der Waals surface area contributed by atoms with Crippen LogP contribution in [0.5, 0.6) is 5.75 Å². The van der Waals surface area contributed by atoms with E-state index in [1.807, 2.05) is 60.9 Å². The zero-order chi connectivity index (χ0) is 19.9. The second kappa shape index (κ2) is 9.27. The normalized spacial score (nSPS) is 11.8. The Hall–Kier alpha value is -3.00. The lowest BCUT2D eigenvalue weighted by Crippen LogP contribution is -2.28. The molecule has 0 aliphatic carbocycles. The Balaban J connectivity index is 1.65. The standard InChI is InChI=1S/C20H23N5O2S/c1-3-27-16-9-7-15(8-10-16)19-23-24-20(28)25(19)13-11-18(26)22-14(2)17-6-4-5-12-21-17/h4-10,12,14H,3,11,13H2,1-2H3,(H,22,26)(H,24,28). The number of hydrogen-bond donors (Lipinski definition) is 2. The van der Waals surface area contributed by atoms with E-state index < -0.39 is 0 Å². The lowest BCUT2D eigenvalue weighted by atomic mass is 10.2. The van der Waals surface area contributed by atoms with Gasteiger partial charge in [-0.15, -0.1) is 0 Å². The lowest BCUT2D eigenvalue weighted by Gasteiger charge is -2.14. The van der Waals surface area contributed by atoms with Crippen LogP contribution in [0.2, 0.25) is 0 Å². The maximum absolute atomic E-state index is 12.4. The predicted molar refractivity (Wildman–Crippen MR) is 109 cm³/mol. The zero-order valence-electron chi connectivity index (χ0n) is 15.9. The maximum atomic E-state index is 12.4. The van der Waals surface area contributed by atoms with E-state index in [0.717, 1.165) is 17.0 Å². The predicted octanol–water partition coefficient (Wildman–Crippen LogP) is 3.67. The molecule has 0 spiro atoms. The molecule has 0 saturated carbocycles. The van der Waals surface area contributed by atoms with Crippen molar-refractivity contribution in [2.24, 2.45) is 0 Å². The highest BCUT2D eigenvalue weighted by atomic mass is 32.1. The number of carbonyl (C=O) groups excluding carboxylic acids is 1. The summed E-state index contributed by atoms with van der Waals surface area (Å²) >= 11 is 5.34. The van der Waals surface area contributed by atoms with Crippen LogP contribution in [-0.4, -0.2) is 32.3 Å². The minimum atomic E-state index is -0.156. The SMILES string of the molecule is CCOc1ccc(-c2n[nH]c(=S)n2CCC(=O)NC(C)c2ccccn2)cc1. The highest BCUT2D eigenvalue weighted by Gasteiger charge is 2.13. The number of aromatic nitrogens is 4. The summed E-state index contributed by atoms with van der Waals surface area (Å²) in [7, 11) is 0. The highest BCUT2D eigenvalue weighted by molar-refractivity contribution is 7.71. The molecule has 2 N–H and O–H groups in total. The highest BCUT2D eigenvalue weighted by Crippen LogP contribution is 2.21. The van der Waals surface area contributed by atoms with E-state index in [1.54, 1.807) is 6.20 Å². The number of nitrogens with zero attached hydrogens (tertiary/aromatic N) is 3. The van der Waals surface area contributed by atoms with Gasteiger partial charge in [-0.3, -0.25) is 19.4 Å². The Morgan fingerprint density at radius 3 is 2.75 bits per heavy atom. The van der Waals surface area contributed by atoms with Crippen molar-refractivity contribution in [2.75, 3.05) is 6.61 Å². The third-order valence-corrected chi connectivity index (χ3v) is 4.56. The number of pyridine rings is 1. The van der Waals surface area contributed by atoms with Crippen LogP contribution in [0, 0.1) is 4.77 Å². The molecule has 0 fully saturated rings. The van der Waals surface area contributed by atoms with E-state index in [1.165, 1.54) is 0 Å². The average molecular weight is 398 g/mol. The molecule has 1 aromatic carbocycles. The van der Waals surface area contributed by atoms with Gasteiger partial charge < -0.3 is 10.1 Å². The van der Waals surface area contributed by atoms with Crippen LogP contribution in [0.25, 0.3) is 11.4 Å². The fourth-order valence-corrected chi connectivity index (χ4v) is 3.07. The summed E-state index contributed by atoms with van der Waals surface area (Å²) in [6.07, 6.45) is 2.00. The summed E-state index contributed by atoms with van der Waals surface area (Å²) in [5.74, 6) is 1.42. The summed E-state index contributed by atoms with van der Waals surface area (Å²) in [5.41, 5.74) is 1.73. The van der Waals surface area contributed by atoms with Gasteiger partial charge in [-0.05, 0) is 62.5 Å².